The molecule has 0 fully saturated rings. The van der Waals surface area contributed by atoms with E-state index in [0.717, 1.165) is 25.5 Å². The van der Waals surface area contributed by atoms with Gasteiger partial charge in [0.2, 0.25) is 0 Å². The van der Waals surface area contributed by atoms with Gasteiger partial charge in [0.05, 0.1) is 0 Å². The van der Waals surface area contributed by atoms with Crippen molar-refractivity contribution < 1.29 is 8.78 Å². The molecule has 0 aliphatic heterocycles. The molecule has 0 amide bonds. The molecular formula is C18H21F2N. The minimum atomic E-state index is -0.525. The maximum Gasteiger partial charge on any atom is 0.126 e. The second kappa shape index (κ2) is 7.32. The van der Waals surface area contributed by atoms with Crippen molar-refractivity contribution in [3.63, 3.8) is 0 Å². The average molecular weight is 289 g/mol. The van der Waals surface area contributed by atoms with Crippen molar-refractivity contribution in [1.82, 2.24) is 5.32 Å². The van der Waals surface area contributed by atoms with Gasteiger partial charge in [0.1, 0.15) is 11.6 Å². The molecule has 0 aliphatic carbocycles. The minimum Gasteiger partial charge on any atom is -0.310 e. The summed E-state index contributed by atoms with van der Waals surface area (Å²) >= 11 is 0. The van der Waals surface area contributed by atoms with Crippen LogP contribution in [0.15, 0.2) is 42.5 Å². The Balaban J connectivity index is 2.09. The van der Waals surface area contributed by atoms with Gasteiger partial charge in [0, 0.05) is 12.1 Å². The molecule has 21 heavy (non-hydrogen) atoms. The Kier molecular flexibility index (Phi) is 5.45. The molecule has 0 aromatic heterocycles. The quantitative estimate of drug-likeness (QED) is 0.822. The van der Waals surface area contributed by atoms with Gasteiger partial charge in [-0.1, -0.05) is 36.8 Å². The van der Waals surface area contributed by atoms with E-state index in [9.17, 15) is 8.78 Å². The summed E-state index contributed by atoms with van der Waals surface area (Å²) in [5.41, 5.74) is 3.14. The molecule has 0 spiro atoms. The van der Waals surface area contributed by atoms with Crippen LogP contribution in [0.2, 0.25) is 0 Å². The van der Waals surface area contributed by atoms with Crippen LogP contribution in [0.3, 0.4) is 0 Å². The van der Waals surface area contributed by atoms with Gasteiger partial charge in [-0.05, 0) is 49.6 Å². The lowest BCUT2D eigenvalue weighted by atomic mass is 9.98. The monoisotopic (exact) mass is 289 g/mol. The number of hydrogen-bond acceptors (Lipinski definition) is 1. The molecule has 1 N–H and O–H groups in total. The van der Waals surface area contributed by atoms with Gasteiger partial charge in [0.25, 0.3) is 0 Å². The second-order valence-corrected chi connectivity index (χ2v) is 5.34. The number of nitrogens with one attached hydrogen (secondary N) is 1. The summed E-state index contributed by atoms with van der Waals surface area (Å²) < 4.78 is 26.7. The molecule has 1 unspecified atom stereocenters. The van der Waals surface area contributed by atoms with Crippen LogP contribution in [0.1, 0.15) is 36.1 Å². The number of rotatable bonds is 6. The SMILES string of the molecule is CCNC(CCc1ccc(C)cc1)c1cc(F)cc(F)c1. The summed E-state index contributed by atoms with van der Waals surface area (Å²) in [7, 11) is 0. The van der Waals surface area contributed by atoms with Crippen molar-refractivity contribution in [1.29, 1.82) is 0 Å². The summed E-state index contributed by atoms with van der Waals surface area (Å²) in [6.07, 6.45) is 1.68. The fourth-order valence-corrected chi connectivity index (χ4v) is 2.48. The molecule has 0 bridgehead atoms. The van der Waals surface area contributed by atoms with E-state index < -0.39 is 11.6 Å². The molecule has 2 aromatic rings. The molecule has 0 heterocycles. The van der Waals surface area contributed by atoms with Gasteiger partial charge in [-0.15, -0.1) is 0 Å². The standard InChI is InChI=1S/C18H21F2N/c1-3-21-18(15-10-16(19)12-17(20)11-15)9-8-14-6-4-13(2)5-7-14/h4-7,10-12,18,21H,3,8-9H2,1-2H3. The third kappa shape index (κ3) is 4.64. The largest absolute Gasteiger partial charge is 0.310 e. The van der Waals surface area contributed by atoms with E-state index >= 15 is 0 Å². The molecule has 1 atom stereocenters. The molecule has 0 saturated heterocycles. The lowest BCUT2D eigenvalue weighted by Crippen LogP contribution is -2.21. The predicted molar refractivity (Wildman–Crippen MR) is 82.3 cm³/mol. The normalized spacial score (nSPS) is 12.4. The van der Waals surface area contributed by atoms with E-state index in [4.69, 9.17) is 0 Å². The van der Waals surface area contributed by atoms with Crippen molar-refractivity contribution in [2.45, 2.75) is 32.7 Å². The Morgan fingerprint density at radius 1 is 1.00 bits per heavy atom. The van der Waals surface area contributed by atoms with Crippen LogP contribution < -0.4 is 5.32 Å². The Morgan fingerprint density at radius 2 is 1.62 bits per heavy atom. The first kappa shape index (κ1) is 15.6. The maximum atomic E-state index is 13.4. The Bertz CT molecular complexity index is 558. The highest BCUT2D eigenvalue weighted by Gasteiger charge is 2.13. The lowest BCUT2D eigenvalue weighted by molar-refractivity contribution is 0.503. The highest BCUT2D eigenvalue weighted by atomic mass is 19.1. The van der Waals surface area contributed by atoms with E-state index in [0.29, 0.717) is 5.56 Å². The van der Waals surface area contributed by atoms with Crippen molar-refractivity contribution >= 4 is 0 Å². The van der Waals surface area contributed by atoms with Crippen LogP contribution in [0.25, 0.3) is 0 Å². The van der Waals surface area contributed by atoms with Crippen molar-refractivity contribution in [3.8, 4) is 0 Å². The molecule has 0 aliphatic rings. The second-order valence-electron chi connectivity index (χ2n) is 5.34. The van der Waals surface area contributed by atoms with Gasteiger partial charge in [-0.3, -0.25) is 0 Å². The molecule has 3 heteroatoms. The maximum absolute atomic E-state index is 13.4. The van der Waals surface area contributed by atoms with Gasteiger partial charge in [-0.25, -0.2) is 8.78 Å². The Morgan fingerprint density at radius 3 is 2.19 bits per heavy atom. The van der Waals surface area contributed by atoms with E-state index in [-0.39, 0.29) is 6.04 Å². The Hall–Kier alpha value is -1.74. The number of hydrogen-bond donors (Lipinski definition) is 1. The number of halogens is 2. The minimum absolute atomic E-state index is 0.0403. The molecule has 112 valence electrons. The summed E-state index contributed by atoms with van der Waals surface area (Å²) in [6, 6.07) is 12.1. The van der Waals surface area contributed by atoms with E-state index in [1.165, 1.54) is 23.3 Å². The molecule has 1 nitrogen and oxygen atoms in total. The average Bonchev–Trinajstić information content (AvgIpc) is 2.44. The molecule has 0 saturated carbocycles. The van der Waals surface area contributed by atoms with Gasteiger partial charge in [0.15, 0.2) is 0 Å². The van der Waals surface area contributed by atoms with Crippen LogP contribution in [-0.2, 0) is 6.42 Å². The number of aryl methyl sites for hydroxylation is 2. The zero-order valence-corrected chi connectivity index (χ0v) is 12.5. The summed E-state index contributed by atoms with van der Waals surface area (Å²) in [5.74, 6) is -1.05. The third-order valence-electron chi connectivity index (χ3n) is 3.58. The van der Waals surface area contributed by atoms with Crippen LogP contribution in [0.4, 0.5) is 8.78 Å². The lowest BCUT2D eigenvalue weighted by Gasteiger charge is -2.18. The fourth-order valence-electron chi connectivity index (χ4n) is 2.48. The molecule has 2 aromatic carbocycles. The van der Waals surface area contributed by atoms with Gasteiger partial charge >= 0.3 is 0 Å². The molecular weight excluding hydrogens is 268 g/mol. The highest BCUT2D eigenvalue weighted by Crippen LogP contribution is 2.21. The summed E-state index contributed by atoms with van der Waals surface area (Å²) in [5, 5.41) is 3.30. The topological polar surface area (TPSA) is 12.0 Å². The first-order valence-corrected chi connectivity index (χ1v) is 7.33. The van der Waals surface area contributed by atoms with Gasteiger partial charge < -0.3 is 5.32 Å². The Labute approximate surface area is 125 Å². The van der Waals surface area contributed by atoms with Crippen molar-refractivity contribution in [2.75, 3.05) is 6.54 Å². The predicted octanol–water partition coefficient (Wildman–Crippen LogP) is 4.56. The van der Waals surface area contributed by atoms with E-state index in [2.05, 4.69) is 36.5 Å². The number of benzene rings is 2. The van der Waals surface area contributed by atoms with Crippen molar-refractivity contribution in [3.05, 3.63) is 70.8 Å². The third-order valence-corrected chi connectivity index (χ3v) is 3.58. The smallest absolute Gasteiger partial charge is 0.126 e. The van der Waals surface area contributed by atoms with E-state index in [1.54, 1.807) is 0 Å². The zero-order valence-electron chi connectivity index (χ0n) is 12.5. The summed E-state index contributed by atoms with van der Waals surface area (Å²) in [6.45, 7) is 4.81. The van der Waals surface area contributed by atoms with Crippen LogP contribution in [0, 0.1) is 18.6 Å². The molecule has 2 rings (SSSR count). The highest BCUT2D eigenvalue weighted by molar-refractivity contribution is 5.24. The van der Waals surface area contributed by atoms with Crippen molar-refractivity contribution in [2.24, 2.45) is 0 Å². The first-order valence-electron chi connectivity index (χ1n) is 7.33. The zero-order chi connectivity index (χ0) is 15.2. The molecule has 0 radical (unpaired) electrons. The van der Waals surface area contributed by atoms with Crippen LogP contribution in [-0.4, -0.2) is 6.54 Å². The fraction of sp³-hybridized carbons (Fsp3) is 0.333. The van der Waals surface area contributed by atoms with Gasteiger partial charge in [-0.2, -0.15) is 0 Å². The summed E-state index contributed by atoms with van der Waals surface area (Å²) in [4.78, 5) is 0. The van der Waals surface area contributed by atoms with E-state index in [1.807, 2.05) is 6.92 Å². The van der Waals surface area contributed by atoms with Crippen LogP contribution >= 0.6 is 0 Å². The van der Waals surface area contributed by atoms with Crippen LogP contribution in [0.5, 0.6) is 0 Å². The first-order chi connectivity index (χ1) is 10.1.